The number of nitriles is 1. The van der Waals surface area contributed by atoms with Crippen molar-refractivity contribution in [2.45, 2.75) is 32.9 Å². The Morgan fingerprint density at radius 2 is 2.11 bits per heavy atom. The fraction of sp³-hybridized carbons (Fsp3) is 0.385. The van der Waals surface area contributed by atoms with E-state index in [4.69, 9.17) is 10.00 Å². The molecule has 1 heterocycles. The van der Waals surface area contributed by atoms with E-state index in [0.717, 1.165) is 12.2 Å². The van der Waals surface area contributed by atoms with Crippen LogP contribution in [0.5, 0.6) is 5.75 Å². The van der Waals surface area contributed by atoms with Crippen molar-refractivity contribution in [3.8, 4) is 11.8 Å². The minimum atomic E-state index is 0.322. The molecule has 0 amide bonds. The Balaban J connectivity index is 1.91. The molecule has 0 aliphatic rings. The van der Waals surface area contributed by atoms with Gasteiger partial charge in [0.2, 0.25) is 0 Å². The lowest BCUT2D eigenvalue weighted by atomic mass is 10.2. The summed E-state index contributed by atoms with van der Waals surface area (Å²) in [6.45, 7) is 2.98. The lowest BCUT2D eigenvalue weighted by Gasteiger charge is -2.06. The highest BCUT2D eigenvalue weighted by atomic mass is 16.5. The van der Waals surface area contributed by atoms with Crippen LogP contribution >= 0.6 is 0 Å². The van der Waals surface area contributed by atoms with E-state index < -0.39 is 0 Å². The van der Waals surface area contributed by atoms with E-state index in [9.17, 15) is 0 Å². The number of tetrazole rings is 1. The molecule has 0 atom stereocenters. The zero-order chi connectivity index (χ0) is 13.5. The summed E-state index contributed by atoms with van der Waals surface area (Å²) in [5, 5.41) is 19.9. The first kappa shape index (κ1) is 13.0. The first-order valence-corrected chi connectivity index (χ1v) is 6.11. The van der Waals surface area contributed by atoms with Gasteiger partial charge in [0.25, 0.3) is 0 Å². The van der Waals surface area contributed by atoms with Crippen LogP contribution in [0.15, 0.2) is 24.3 Å². The van der Waals surface area contributed by atoms with Gasteiger partial charge >= 0.3 is 0 Å². The van der Waals surface area contributed by atoms with Crippen LogP contribution in [0.4, 0.5) is 0 Å². The molecule has 19 heavy (non-hydrogen) atoms. The Bertz CT molecular complexity index is 555. The molecule has 0 fully saturated rings. The third-order valence-corrected chi connectivity index (χ3v) is 2.65. The average Bonchev–Trinajstić information content (AvgIpc) is 2.86. The Morgan fingerprint density at radius 1 is 1.32 bits per heavy atom. The number of rotatable bonds is 6. The number of aryl methyl sites for hydroxylation is 2. The van der Waals surface area contributed by atoms with Crippen LogP contribution in [-0.4, -0.2) is 20.2 Å². The van der Waals surface area contributed by atoms with Gasteiger partial charge < -0.3 is 4.74 Å². The van der Waals surface area contributed by atoms with Crippen molar-refractivity contribution in [3.05, 3.63) is 35.7 Å². The summed E-state index contributed by atoms with van der Waals surface area (Å²) in [4.78, 5) is 0. The second-order valence-electron chi connectivity index (χ2n) is 4.18. The number of nitrogens with zero attached hydrogens (tertiary/aromatic N) is 5. The van der Waals surface area contributed by atoms with Gasteiger partial charge in [-0.15, -0.1) is 5.10 Å². The molecule has 0 saturated carbocycles. The topological polar surface area (TPSA) is 76.6 Å². The van der Waals surface area contributed by atoms with Gasteiger partial charge in [-0.3, -0.25) is 0 Å². The van der Waals surface area contributed by atoms with E-state index >= 15 is 0 Å². The quantitative estimate of drug-likeness (QED) is 0.738. The van der Waals surface area contributed by atoms with Gasteiger partial charge in [-0.05, 0) is 35.9 Å². The van der Waals surface area contributed by atoms with Crippen LogP contribution in [0.25, 0.3) is 0 Å². The molecule has 0 aliphatic heterocycles. The molecular weight excluding hydrogens is 242 g/mol. The molecule has 1 aromatic carbocycles. The number of aromatic nitrogens is 4. The summed E-state index contributed by atoms with van der Waals surface area (Å²) in [5.41, 5.74) is 1.19. The summed E-state index contributed by atoms with van der Waals surface area (Å²) in [6, 6.07) is 9.91. The van der Waals surface area contributed by atoms with Crippen molar-refractivity contribution in [1.82, 2.24) is 20.2 Å². The van der Waals surface area contributed by atoms with Crippen LogP contribution in [-0.2, 0) is 13.2 Å². The summed E-state index contributed by atoms with van der Waals surface area (Å²) in [6.07, 6.45) is 1.23. The molecule has 2 rings (SSSR count). The molecule has 6 nitrogen and oxygen atoms in total. The highest BCUT2D eigenvalue weighted by Crippen LogP contribution is 2.12. The van der Waals surface area contributed by atoms with Gasteiger partial charge in [-0.1, -0.05) is 17.7 Å². The molecule has 0 bridgehead atoms. The first-order chi connectivity index (χ1) is 9.29. The standard InChI is InChI=1S/C13H15N5O/c1-11-4-6-12(7-5-11)19-10-13-15-16-17-18(13)9-3-2-8-14/h4-7H,2-3,9-10H2,1H3. The maximum Gasteiger partial charge on any atom is 0.189 e. The largest absolute Gasteiger partial charge is 0.486 e. The highest BCUT2D eigenvalue weighted by molar-refractivity contribution is 5.26. The number of hydrogen-bond acceptors (Lipinski definition) is 5. The predicted molar refractivity (Wildman–Crippen MR) is 68.2 cm³/mol. The molecule has 0 N–H and O–H groups in total. The number of hydrogen-bond donors (Lipinski definition) is 0. The van der Waals surface area contributed by atoms with Crippen molar-refractivity contribution < 1.29 is 4.74 Å². The molecule has 2 aromatic rings. The van der Waals surface area contributed by atoms with E-state index in [1.807, 2.05) is 31.2 Å². The predicted octanol–water partition coefficient (Wildman–Crippen LogP) is 1.86. The van der Waals surface area contributed by atoms with Gasteiger partial charge in [0, 0.05) is 13.0 Å². The third-order valence-electron chi connectivity index (χ3n) is 2.65. The highest BCUT2D eigenvalue weighted by Gasteiger charge is 2.06. The molecular formula is C13H15N5O. The van der Waals surface area contributed by atoms with Crippen LogP contribution in [0.1, 0.15) is 24.2 Å². The molecule has 0 spiro atoms. The number of benzene rings is 1. The normalized spacial score (nSPS) is 10.1. The van der Waals surface area contributed by atoms with E-state index in [0.29, 0.717) is 25.4 Å². The Morgan fingerprint density at radius 3 is 2.84 bits per heavy atom. The smallest absolute Gasteiger partial charge is 0.189 e. The van der Waals surface area contributed by atoms with Crippen LogP contribution in [0.2, 0.25) is 0 Å². The summed E-state index contributed by atoms with van der Waals surface area (Å²) in [5.74, 6) is 1.45. The van der Waals surface area contributed by atoms with E-state index in [-0.39, 0.29) is 0 Å². The molecule has 0 aliphatic carbocycles. The van der Waals surface area contributed by atoms with E-state index in [1.165, 1.54) is 5.56 Å². The van der Waals surface area contributed by atoms with Crippen molar-refractivity contribution in [2.24, 2.45) is 0 Å². The zero-order valence-electron chi connectivity index (χ0n) is 10.8. The van der Waals surface area contributed by atoms with Gasteiger partial charge in [-0.2, -0.15) is 5.26 Å². The van der Waals surface area contributed by atoms with Gasteiger partial charge in [0.05, 0.1) is 6.07 Å². The van der Waals surface area contributed by atoms with Gasteiger partial charge in [0.15, 0.2) is 5.82 Å². The van der Waals surface area contributed by atoms with Gasteiger partial charge in [-0.25, -0.2) is 4.68 Å². The summed E-state index contributed by atoms with van der Waals surface area (Å²) >= 11 is 0. The van der Waals surface area contributed by atoms with Crippen molar-refractivity contribution in [3.63, 3.8) is 0 Å². The zero-order valence-corrected chi connectivity index (χ0v) is 10.8. The van der Waals surface area contributed by atoms with Crippen molar-refractivity contribution in [1.29, 1.82) is 5.26 Å². The lowest BCUT2D eigenvalue weighted by Crippen LogP contribution is -2.09. The maximum absolute atomic E-state index is 8.50. The lowest BCUT2D eigenvalue weighted by molar-refractivity contribution is 0.286. The molecule has 6 heteroatoms. The van der Waals surface area contributed by atoms with Crippen LogP contribution in [0, 0.1) is 18.3 Å². The maximum atomic E-state index is 8.50. The van der Waals surface area contributed by atoms with Crippen LogP contribution in [0.3, 0.4) is 0 Å². The SMILES string of the molecule is Cc1ccc(OCc2nnnn2CCCC#N)cc1. The molecule has 0 saturated heterocycles. The number of unbranched alkanes of at least 4 members (excludes halogenated alkanes) is 1. The minimum absolute atomic E-state index is 0.322. The third kappa shape index (κ3) is 3.78. The summed E-state index contributed by atoms with van der Waals surface area (Å²) < 4.78 is 7.30. The number of ether oxygens (including phenoxy) is 1. The first-order valence-electron chi connectivity index (χ1n) is 6.11. The Labute approximate surface area is 111 Å². The Kier molecular flexibility index (Phi) is 4.45. The van der Waals surface area contributed by atoms with Crippen molar-refractivity contribution in [2.75, 3.05) is 0 Å². The molecule has 98 valence electrons. The molecule has 0 radical (unpaired) electrons. The average molecular weight is 257 g/mol. The fourth-order valence-electron chi connectivity index (χ4n) is 1.59. The van der Waals surface area contributed by atoms with E-state index in [2.05, 4.69) is 21.6 Å². The van der Waals surface area contributed by atoms with E-state index in [1.54, 1.807) is 4.68 Å². The molecule has 0 unspecified atom stereocenters. The summed E-state index contributed by atoms with van der Waals surface area (Å²) in [7, 11) is 0. The van der Waals surface area contributed by atoms with Crippen LogP contribution < -0.4 is 4.74 Å². The second kappa shape index (κ2) is 6.50. The second-order valence-corrected chi connectivity index (χ2v) is 4.18. The van der Waals surface area contributed by atoms with Gasteiger partial charge in [0.1, 0.15) is 12.4 Å². The monoisotopic (exact) mass is 257 g/mol. The fourth-order valence-corrected chi connectivity index (χ4v) is 1.59. The molecule has 1 aromatic heterocycles. The minimum Gasteiger partial charge on any atom is -0.486 e. The van der Waals surface area contributed by atoms with Crippen molar-refractivity contribution >= 4 is 0 Å². The Hall–Kier alpha value is -2.42.